The Morgan fingerprint density at radius 2 is 1.77 bits per heavy atom. The summed E-state index contributed by atoms with van der Waals surface area (Å²) in [6.45, 7) is 3.21. The lowest BCUT2D eigenvalue weighted by Gasteiger charge is -2.18. The second kappa shape index (κ2) is 7.17. The summed E-state index contributed by atoms with van der Waals surface area (Å²) in [4.78, 5) is 37.4. The van der Waals surface area contributed by atoms with Crippen molar-refractivity contribution in [1.29, 1.82) is 0 Å². The van der Waals surface area contributed by atoms with Crippen LogP contribution in [0.4, 0.5) is 17.1 Å². The quantitative estimate of drug-likeness (QED) is 0.808. The Labute approximate surface area is 156 Å². The van der Waals surface area contributed by atoms with Gasteiger partial charge in [-0.15, -0.1) is 0 Å². The minimum absolute atomic E-state index is 0.0677. The fraction of sp³-hybridized carbons (Fsp3) is 0.211. The number of halogens is 1. The van der Waals surface area contributed by atoms with Crippen molar-refractivity contribution in [3.05, 3.63) is 53.1 Å². The van der Waals surface area contributed by atoms with Crippen LogP contribution in [0.25, 0.3) is 0 Å². The molecule has 26 heavy (non-hydrogen) atoms. The largest absolute Gasteiger partial charge is 0.373 e. The Hall–Kier alpha value is -2.86. The Bertz CT molecular complexity index is 880. The van der Waals surface area contributed by atoms with Gasteiger partial charge < -0.3 is 10.6 Å². The number of rotatable bonds is 4. The zero-order valence-corrected chi connectivity index (χ0v) is 15.1. The summed E-state index contributed by atoms with van der Waals surface area (Å²) in [5.74, 6) is -0.742. The van der Waals surface area contributed by atoms with E-state index in [1.54, 1.807) is 49.4 Å². The smallest absolute Gasteiger partial charge is 0.256 e. The molecule has 3 amide bonds. The van der Waals surface area contributed by atoms with Crippen molar-refractivity contribution < 1.29 is 14.4 Å². The molecule has 1 atom stereocenters. The number of hydrogen-bond donors (Lipinski definition) is 2. The minimum atomic E-state index is -0.646. The van der Waals surface area contributed by atoms with E-state index in [0.29, 0.717) is 27.6 Å². The van der Waals surface area contributed by atoms with Crippen LogP contribution in [0.3, 0.4) is 0 Å². The van der Waals surface area contributed by atoms with Gasteiger partial charge in [-0.2, -0.15) is 0 Å². The van der Waals surface area contributed by atoms with Crippen molar-refractivity contribution in [3.63, 3.8) is 0 Å². The molecule has 0 saturated carbocycles. The number of amides is 3. The Morgan fingerprint density at radius 3 is 2.42 bits per heavy atom. The maximum absolute atomic E-state index is 12.7. The van der Waals surface area contributed by atoms with E-state index in [-0.39, 0.29) is 24.1 Å². The van der Waals surface area contributed by atoms with Gasteiger partial charge in [-0.25, -0.2) is 4.90 Å². The van der Waals surface area contributed by atoms with Crippen LogP contribution in [0.15, 0.2) is 42.5 Å². The number of anilines is 3. The standard InChI is InChI=1S/C19H18ClN3O3/c1-11-15(20)4-3-5-17(11)23-18(25)10-16(19(23)26)22-14-8-6-13(7-9-14)21-12(2)24/h3-9,16,22H,10H2,1-2H3,(H,21,24)/t16-/m1/s1. The highest BCUT2D eigenvalue weighted by Crippen LogP contribution is 2.31. The van der Waals surface area contributed by atoms with E-state index in [4.69, 9.17) is 11.6 Å². The fourth-order valence-corrected chi connectivity index (χ4v) is 3.06. The number of carbonyl (C=O) groups excluding carboxylic acids is 3. The molecule has 1 fully saturated rings. The van der Waals surface area contributed by atoms with Crippen molar-refractivity contribution in [1.82, 2.24) is 0 Å². The molecule has 0 unspecified atom stereocenters. The minimum Gasteiger partial charge on any atom is -0.373 e. The summed E-state index contributed by atoms with van der Waals surface area (Å²) in [7, 11) is 0. The molecular weight excluding hydrogens is 354 g/mol. The number of imide groups is 1. The summed E-state index contributed by atoms with van der Waals surface area (Å²) in [6.07, 6.45) is 0.0677. The molecule has 134 valence electrons. The lowest BCUT2D eigenvalue weighted by Crippen LogP contribution is -2.35. The second-order valence-corrected chi connectivity index (χ2v) is 6.52. The number of benzene rings is 2. The zero-order valence-electron chi connectivity index (χ0n) is 14.4. The molecule has 1 saturated heterocycles. The predicted molar refractivity (Wildman–Crippen MR) is 101 cm³/mol. The third-order valence-electron chi connectivity index (χ3n) is 4.17. The predicted octanol–water partition coefficient (Wildman–Crippen LogP) is 3.35. The van der Waals surface area contributed by atoms with Crippen molar-refractivity contribution in [2.75, 3.05) is 15.5 Å². The zero-order chi connectivity index (χ0) is 18.8. The number of carbonyl (C=O) groups is 3. The molecule has 0 bridgehead atoms. The van der Waals surface area contributed by atoms with Gasteiger partial charge in [-0.1, -0.05) is 17.7 Å². The molecule has 0 aliphatic carbocycles. The lowest BCUT2D eigenvalue weighted by atomic mass is 10.2. The van der Waals surface area contributed by atoms with Crippen LogP contribution >= 0.6 is 11.6 Å². The topological polar surface area (TPSA) is 78.5 Å². The summed E-state index contributed by atoms with van der Waals surface area (Å²) in [5.41, 5.74) is 2.55. The first kappa shape index (κ1) is 17.9. The van der Waals surface area contributed by atoms with Crippen LogP contribution < -0.4 is 15.5 Å². The van der Waals surface area contributed by atoms with Crippen LogP contribution in [-0.2, 0) is 14.4 Å². The highest BCUT2D eigenvalue weighted by molar-refractivity contribution is 6.32. The van der Waals surface area contributed by atoms with Gasteiger partial charge in [0.1, 0.15) is 6.04 Å². The molecule has 2 aromatic carbocycles. The summed E-state index contributed by atoms with van der Waals surface area (Å²) >= 11 is 6.11. The molecule has 7 heteroatoms. The molecule has 6 nitrogen and oxygen atoms in total. The molecule has 0 spiro atoms. The number of nitrogens with zero attached hydrogens (tertiary/aromatic N) is 1. The third-order valence-corrected chi connectivity index (χ3v) is 4.58. The second-order valence-electron chi connectivity index (χ2n) is 6.11. The van der Waals surface area contributed by atoms with E-state index in [9.17, 15) is 14.4 Å². The average Bonchev–Trinajstić information content (AvgIpc) is 2.86. The molecule has 0 radical (unpaired) electrons. The maximum Gasteiger partial charge on any atom is 0.256 e. The van der Waals surface area contributed by atoms with E-state index in [1.165, 1.54) is 11.8 Å². The first-order valence-corrected chi connectivity index (χ1v) is 8.50. The normalized spacial score (nSPS) is 16.7. The van der Waals surface area contributed by atoms with Crippen molar-refractivity contribution in [2.24, 2.45) is 0 Å². The van der Waals surface area contributed by atoms with Gasteiger partial charge >= 0.3 is 0 Å². The summed E-state index contributed by atoms with van der Waals surface area (Å²) < 4.78 is 0. The van der Waals surface area contributed by atoms with Gasteiger partial charge in [0, 0.05) is 23.3 Å². The van der Waals surface area contributed by atoms with Gasteiger partial charge in [0.05, 0.1) is 12.1 Å². The molecule has 1 heterocycles. The van der Waals surface area contributed by atoms with Crippen LogP contribution in [0, 0.1) is 6.92 Å². The molecular formula is C19H18ClN3O3. The molecule has 0 aromatic heterocycles. The highest BCUT2D eigenvalue weighted by atomic mass is 35.5. The molecule has 3 rings (SSSR count). The Kier molecular flexibility index (Phi) is 4.95. The third kappa shape index (κ3) is 3.55. The summed E-state index contributed by atoms with van der Waals surface area (Å²) in [5, 5.41) is 6.26. The van der Waals surface area contributed by atoms with Crippen LogP contribution in [0.2, 0.25) is 5.02 Å². The van der Waals surface area contributed by atoms with Gasteiger partial charge in [-0.3, -0.25) is 14.4 Å². The first-order valence-electron chi connectivity index (χ1n) is 8.13. The first-order chi connectivity index (χ1) is 12.4. The molecule has 2 N–H and O–H groups in total. The van der Waals surface area contributed by atoms with Crippen molar-refractivity contribution >= 4 is 46.4 Å². The van der Waals surface area contributed by atoms with Crippen LogP contribution in [0.5, 0.6) is 0 Å². The molecule has 2 aromatic rings. The van der Waals surface area contributed by atoms with E-state index >= 15 is 0 Å². The summed E-state index contributed by atoms with van der Waals surface area (Å²) in [6, 6.07) is 11.4. The average molecular weight is 372 g/mol. The maximum atomic E-state index is 12.7. The van der Waals surface area contributed by atoms with Gasteiger partial charge in [-0.05, 0) is 48.9 Å². The fourth-order valence-electron chi connectivity index (χ4n) is 2.89. The highest BCUT2D eigenvalue weighted by Gasteiger charge is 2.40. The SMILES string of the molecule is CC(=O)Nc1ccc(N[C@@H]2CC(=O)N(c3cccc(Cl)c3C)C2=O)cc1. The van der Waals surface area contributed by atoms with Crippen molar-refractivity contribution in [3.8, 4) is 0 Å². The van der Waals surface area contributed by atoms with Crippen molar-refractivity contribution in [2.45, 2.75) is 26.3 Å². The number of hydrogen-bond acceptors (Lipinski definition) is 4. The molecule has 1 aliphatic rings. The van der Waals surface area contributed by atoms with Gasteiger partial charge in [0.2, 0.25) is 11.8 Å². The van der Waals surface area contributed by atoms with Gasteiger partial charge in [0.25, 0.3) is 5.91 Å². The van der Waals surface area contributed by atoms with Crippen LogP contribution in [0.1, 0.15) is 18.9 Å². The number of nitrogens with one attached hydrogen (secondary N) is 2. The van der Waals surface area contributed by atoms with Gasteiger partial charge in [0.15, 0.2) is 0 Å². The van der Waals surface area contributed by atoms with E-state index in [0.717, 1.165) is 0 Å². The van der Waals surface area contributed by atoms with E-state index in [2.05, 4.69) is 10.6 Å². The molecule has 1 aliphatic heterocycles. The Balaban J connectivity index is 1.77. The van der Waals surface area contributed by atoms with Crippen LogP contribution in [-0.4, -0.2) is 23.8 Å². The monoisotopic (exact) mass is 371 g/mol. The lowest BCUT2D eigenvalue weighted by molar-refractivity contribution is -0.121. The van der Waals surface area contributed by atoms with E-state index < -0.39 is 6.04 Å². The Morgan fingerprint density at radius 1 is 1.12 bits per heavy atom. The van der Waals surface area contributed by atoms with E-state index in [1.807, 2.05) is 0 Å².